The fourth-order valence-corrected chi connectivity index (χ4v) is 1.40. The Morgan fingerprint density at radius 1 is 1.17 bits per heavy atom. The highest BCUT2D eigenvalue weighted by Crippen LogP contribution is 2.13. The van der Waals surface area contributed by atoms with Crippen molar-refractivity contribution in [2.75, 3.05) is 5.32 Å². The average molecular weight is 241 g/mol. The van der Waals surface area contributed by atoms with Crippen LogP contribution in [-0.2, 0) is 0 Å². The lowest BCUT2D eigenvalue weighted by Crippen LogP contribution is -2.11. The summed E-state index contributed by atoms with van der Waals surface area (Å²) >= 11 is 0. The third-order valence-corrected chi connectivity index (χ3v) is 2.30. The van der Waals surface area contributed by atoms with Crippen LogP contribution < -0.4 is 5.32 Å². The van der Waals surface area contributed by atoms with E-state index in [9.17, 15) is 14.9 Å². The second-order valence-corrected chi connectivity index (χ2v) is 3.53. The standard InChI is InChI=1S/C13H9N2O3/c16-13(14-11-4-2-1-3-5-11)10-6-8-12(9-7-10)15(17)18/h1-4,6-9H,(H,14,16). The molecule has 18 heavy (non-hydrogen) atoms. The van der Waals surface area contributed by atoms with Gasteiger partial charge in [0.15, 0.2) is 0 Å². The molecule has 0 heterocycles. The van der Waals surface area contributed by atoms with Gasteiger partial charge >= 0.3 is 0 Å². The van der Waals surface area contributed by atoms with Crippen molar-refractivity contribution in [2.45, 2.75) is 0 Å². The smallest absolute Gasteiger partial charge is 0.269 e. The molecule has 0 aromatic heterocycles. The molecule has 0 fully saturated rings. The second kappa shape index (κ2) is 5.09. The first-order chi connectivity index (χ1) is 8.66. The van der Waals surface area contributed by atoms with Crippen molar-refractivity contribution in [3.05, 3.63) is 70.3 Å². The van der Waals surface area contributed by atoms with Crippen molar-refractivity contribution in [3.63, 3.8) is 0 Å². The summed E-state index contributed by atoms with van der Waals surface area (Å²) in [6, 6.07) is 15.2. The molecule has 0 bridgehead atoms. The molecule has 0 spiro atoms. The van der Waals surface area contributed by atoms with Gasteiger partial charge in [-0.05, 0) is 18.2 Å². The summed E-state index contributed by atoms with van der Waals surface area (Å²) in [6.07, 6.45) is 0. The van der Waals surface area contributed by atoms with Crippen LogP contribution in [0.25, 0.3) is 0 Å². The third-order valence-electron chi connectivity index (χ3n) is 2.30. The first kappa shape index (κ1) is 11.8. The fourth-order valence-electron chi connectivity index (χ4n) is 1.40. The Bertz CT molecular complexity index is 565. The van der Waals surface area contributed by atoms with Crippen LogP contribution in [0.15, 0.2) is 48.5 Å². The lowest BCUT2D eigenvalue weighted by Gasteiger charge is -2.04. The Hall–Kier alpha value is -2.69. The Balaban J connectivity index is 2.12. The summed E-state index contributed by atoms with van der Waals surface area (Å²) in [7, 11) is 0. The largest absolute Gasteiger partial charge is 0.321 e. The van der Waals surface area contributed by atoms with Crippen LogP contribution in [0.4, 0.5) is 11.4 Å². The van der Waals surface area contributed by atoms with Gasteiger partial charge in [0.1, 0.15) is 0 Å². The molecular formula is C13H9N2O3. The number of carbonyl (C=O) groups is 1. The Labute approximate surface area is 103 Å². The number of nitrogens with one attached hydrogen (secondary N) is 1. The van der Waals surface area contributed by atoms with Crippen LogP contribution in [-0.4, -0.2) is 10.8 Å². The third kappa shape index (κ3) is 2.70. The molecular weight excluding hydrogens is 232 g/mol. The highest BCUT2D eigenvalue weighted by atomic mass is 16.6. The summed E-state index contributed by atoms with van der Waals surface area (Å²) in [5, 5.41) is 13.1. The zero-order valence-electron chi connectivity index (χ0n) is 9.29. The van der Waals surface area contributed by atoms with Gasteiger partial charge in [-0.3, -0.25) is 14.9 Å². The van der Waals surface area contributed by atoms with E-state index in [1.54, 1.807) is 24.3 Å². The molecule has 0 saturated heterocycles. The molecule has 2 aromatic rings. The number of nitro benzene ring substituents is 1. The predicted molar refractivity (Wildman–Crippen MR) is 66.3 cm³/mol. The number of nitrogens with zero attached hydrogens (tertiary/aromatic N) is 1. The van der Waals surface area contributed by atoms with Gasteiger partial charge in [-0.25, -0.2) is 0 Å². The number of hydrogen-bond donors (Lipinski definition) is 1. The summed E-state index contributed by atoms with van der Waals surface area (Å²) in [4.78, 5) is 21.8. The topological polar surface area (TPSA) is 72.2 Å². The van der Waals surface area contributed by atoms with Gasteiger partial charge < -0.3 is 5.32 Å². The van der Waals surface area contributed by atoms with Gasteiger partial charge in [0.05, 0.1) is 4.92 Å². The van der Waals surface area contributed by atoms with Crippen LogP contribution in [0.3, 0.4) is 0 Å². The van der Waals surface area contributed by atoms with Crippen LogP contribution in [0, 0.1) is 16.2 Å². The van der Waals surface area contributed by atoms with Crippen LogP contribution in [0.5, 0.6) is 0 Å². The Morgan fingerprint density at radius 3 is 2.44 bits per heavy atom. The molecule has 0 aliphatic carbocycles. The summed E-state index contributed by atoms with van der Waals surface area (Å²) < 4.78 is 0. The van der Waals surface area contributed by atoms with Crippen molar-refractivity contribution in [1.82, 2.24) is 0 Å². The monoisotopic (exact) mass is 241 g/mol. The number of para-hydroxylation sites is 1. The number of rotatable bonds is 3. The summed E-state index contributed by atoms with van der Waals surface area (Å²) in [5.41, 5.74) is 0.872. The predicted octanol–water partition coefficient (Wildman–Crippen LogP) is 2.65. The van der Waals surface area contributed by atoms with Crippen molar-refractivity contribution >= 4 is 17.3 Å². The minimum atomic E-state index is -0.507. The zero-order valence-corrected chi connectivity index (χ0v) is 9.29. The highest BCUT2D eigenvalue weighted by Gasteiger charge is 2.09. The number of nitro groups is 1. The number of carbonyl (C=O) groups excluding carboxylic acids is 1. The number of anilines is 1. The highest BCUT2D eigenvalue weighted by molar-refractivity contribution is 6.04. The first-order valence-electron chi connectivity index (χ1n) is 5.19. The number of benzene rings is 2. The number of non-ortho nitro benzene ring substituents is 1. The van der Waals surface area contributed by atoms with E-state index in [2.05, 4.69) is 11.4 Å². The van der Waals surface area contributed by atoms with Gasteiger partial charge in [-0.1, -0.05) is 18.2 Å². The van der Waals surface area contributed by atoms with E-state index in [0.29, 0.717) is 11.3 Å². The molecule has 1 radical (unpaired) electrons. The maximum Gasteiger partial charge on any atom is 0.269 e. The molecule has 89 valence electrons. The molecule has 0 saturated carbocycles. The molecule has 1 amide bonds. The van der Waals surface area contributed by atoms with Crippen molar-refractivity contribution < 1.29 is 9.72 Å². The van der Waals surface area contributed by atoms with Crippen molar-refractivity contribution in [3.8, 4) is 0 Å². The molecule has 5 nitrogen and oxygen atoms in total. The van der Waals surface area contributed by atoms with E-state index in [1.807, 2.05) is 0 Å². The van der Waals surface area contributed by atoms with Gasteiger partial charge in [0.25, 0.3) is 11.6 Å². The molecule has 5 heteroatoms. The normalized spacial score (nSPS) is 9.78. The van der Waals surface area contributed by atoms with Gasteiger partial charge in [0, 0.05) is 29.4 Å². The maximum absolute atomic E-state index is 11.8. The zero-order chi connectivity index (χ0) is 13.0. The number of amides is 1. The van der Waals surface area contributed by atoms with E-state index in [-0.39, 0.29) is 11.6 Å². The van der Waals surface area contributed by atoms with Gasteiger partial charge in [-0.2, -0.15) is 0 Å². The van der Waals surface area contributed by atoms with E-state index in [4.69, 9.17) is 0 Å². The minimum Gasteiger partial charge on any atom is -0.321 e. The molecule has 2 aromatic carbocycles. The van der Waals surface area contributed by atoms with Crippen LogP contribution in [0.2, 0.25) is 0 Å². The second-order valence-electron chi connectivity index (χ2n) is 3.53. The molecule has 0 unspecified atom stereocenters. The molecule has 0 aliphatic heterocycles. The van der Waals surface area contributed by atoms with E-state index >= 15 is 0 Å². The first-order valence-corrected chi connectivity index (χ1v) is 5.19. The van der Waals surface area contributed by atoms with Crippen molar-refractivity contribution in [1.29, 1.82) is 0 Å². The van der Waals surface area contributed by atoms with Gasteiger partial charge in [0.2, 0.25) is 0 Å². The molecule has 2 rings (SSSR count). The fraction of sp³-hybridized carbons (Fsp3) is 0. The van der Waals surface area contributed by atoms with Crippen LogP contribution >= 0.6 is 0 Å². The lowest BCUT2D eigenvalue weighted by atomic mass is 10.2. The van der Waals surface area contributed by atoms with E-state index in [0.717, 1.165) is 0 Å². The SMILES string of the molecule is O=C(Nc1[c]cccc1)c1ccc([N+](=O)[O-])cc1. The molecule has 0 aliphatic rings. The number of hydrogen-bond acceptors (Lipinski definition) is 3. The average Bonchev–Trinajstić information content (AvgIpc) is 2.40. The Morgan fingerprint density at radius 2 is 1.89 bits per heavy atom. The summed E-state index contributed by atoms with van der Waals surface area (Å²) in [5.74, 6) is -0.327. The van der Waals surface area contributed by atoms with Crippen molar-refractivity contribution in [2.24, 2.45) is 0 Å². The Kier molecular flexibility index (Phi) is 3.33. The molecule has 1 N–H and O–H groups in total. The minimum absolute atomic E-state index is 0.0437. The van der Waals surface area contributed by atoms with Gasteiger partial charge in [-0.15, -0.1) is 0 Å². The maximum atomic E-state index is 11.8. The van der Waals surface area contributed by atoms with E-state index in [1.165, 1.54) is 24.3 Å². The van der Waals surface area contributed by atoms with Crippen LogP contribution in [0.1, 0.15) is 10.4 Å². The van der Waals surface area contributed by atoms with E-state index < -0.39 is 4.92 Å². The molecule has 0 atom stereocenters. The summed E-state index contributed by atoms with van der Waals surface area (Å²) in [6.45, 7) is 0. The quantitative estimate of drug-likeness (QED) is 0.663. The lowest BCUT2D eigenvalue weighted by molar-refractivity contribution is -0.384.